The minimum Gasteiger partial charge on any atom is -0.458 e. The Morgan fingerprint density at radius 2 is 1.63 bits per heavy atom. The van der Waals surface area contributed by atoms with E-state index >= 15 is 0 Å². The van der Waals surface area contributed by atoms with Crippen molar-refractivity contribution in [3.8, 4) is 0 Å². The average Bonchev–Trinajstić information content (AvgIpc) is 3.80. The van der Waals surface area contributed by atoms with Gasteiger partial charge in [0.2, 0.25) is 29.5 Å². The third kappa shape index (κ3) is 10.1. The van der Waals surface area contributed by atoms with Crippen molar-refractivity contribution < 1.29 is 43.4 Å². The molecule has 5 N–H and O–H groups in total. The lowest BCUT2D eigenvalue weighted by molar-refractivity contribution is -0.163. The van der Waals surface area contributed by atoms with E-state index in [0.717, 1.165) is 21.6 Å². The van der Waals surface area contributed by atoms with Gasteiger partial charge >= 0.3 is 12.0 Å². The fraction of sp³-hybridized carbons (Fsp3) is 0.537. The number of benzene rings is 2. The van der Waals surface area contributed by atoms with E-state index in [4.69, 9.17) is 4.74 Å². The number of carbonyl (C=O) groups excluding carboxylic acids is 7. The van der Waals surface area contributed by atoms with Crippen LogP contribution in [-0.4, -0.2) is 130 Å². The summed E-state index contributed by atoms with van der Waals surface area (Å²) in [6, 6.07) is 6.41. The fourth-order valence-electron chi connectivity index (χ4n) is 7.89. The Kier molecular flexibility index (Phi) is 13.6. The smallest absolute Gasteiger partial charge is 0.329 e. The molecule has 0 spiro atoms. The van der Waals surface area contributed by atoms with E-state index in [-0.39, 0.29) is 38.3 Å². The summed E-state index contributed by atoms with van der Waals surface area (Å²) in [6.07, 6.45) is -1.73. The molecule has 0 bridgehead atoms. The summed E-state index contributed by atoms with van der Waals surface area (Å²) in [7, 11) is 1.35. The molecule has 3 saturated heterocycles. The minimum atomic E-state index is -1.53. The number of rotatable bonds is 7. The number of esters is 1. The number of hydrogen-bond donors (Lipinski definition) is 5. The van der Waals surface area contributed by atoms with Crippen LogP contribution in [0.5, 0.6) is 0 Å². The van der Waals surface area contributed by atoms with Crippen molar-refractivity contribution >= 4 is 47.2 Å². The van der Waals surface area contributed by atoms with Gasteiger partial charge in [0.25, 0.3) is 0 Å². The van der Waals surface area contributed by atoms with Gasteiger partial charge in [-0.15, -0.1) is 0 Å². The van der Waals surface area contributed by atoms with Gasteiger partial charge in [-0.05, 0) is 77.5 Å². The van der Waals surface area contributed by atoms with Crippen LogP contribution in [0.4, 0.5) is 10.5 Å². The number of nitrogens with one attached hydrogen (secondary N) is 4. The van der Waals surface area contributed by atoms with E-state index in [9.17, 15) is 38.7 Å². The van der Waals surface area contributed by atoms with Crippen LogP contribution in [-0.2, 0) is 39.9 Å². The van der Waals surface area contributed by atoms with Gasteiger partial charge in [-0.1, -0.05) is 54.4 Å². The zero-order valence-electron chi connectivity index (χ0n) is 33.6. The summed E-state index contributed by atoms with van der Waals surface area (Å²) >= 11 is 0. The standard InChI is InChI=1S/C41H55N7O9/c1-22-13-15-29(16-14-22)43-41(56)44-30(20-28-11-8-10-23(2)18-28)35(50)45-33-27(6)57-40(55)32-19-24(3)21-48(32)37(52)25(4)42-36(51)34(26(5)49)46(7)38(53)31-12-9-17-47(31)39(33)54/h8,10-11,13-16,18,24-27,30-34,49H,9,12,17,19-21H2,1-7H3,(H,42,51)(H,45,50)(H2,43,44,56)/t24-,25+,26+,27+,30+,31+,32+,33+,34+/m1/s1. The first-order valence-corrected chi connectivity index (χ1v) is 19.5. The Bertz CT molecular complexity index is 1850. The number of amides is 7. The highest BCUT2D eigenvalue weighted by atomic mass is 16.5. The predicted octanol–water partition coefficient (Wildman–Crippen LogP) is 1.41. The Balaban J connectivity index is 1.50. The molecule has 3 aliphatic rings. The van der Waals surface area contributed by atoms with Crippen LogP contribution in [0.1, 0.15) is 63.6 Å². The number of cyclic esters (lactones) is 1. The molecule has 2 aromatic carbocycles. The second-order valence-corrected chi connectivity index (χ2v) is 15.7. The topological polar surface area (TPSA) is 207 Å². The Morgan fingerprint density at radius 3 is 2.30 bits per heavy atom. The Morgan fingerprint density at radius 1 is 0.930 bits per heavy atom. The van der Waals surface area contributed by atoms with Gasteiger partial charge < -0.3 is 45.8 Å². The molecule has 7 amide bonds. The molecule has 308 valence electrons. The molecule has 5 rings (SSSR count). The molecule has 0 aliphatic carbocycles. The van der Waals surface area contributed by atoms with Crippen molar-refractivity contribution in [1.82, 2.24) is 30.7 Å². The molecule has 0 radical (unpaired) electrons. The van der Waals surface area contributed by atoms with E-state index in [1.165, 1.54) is 37.6 Å². The molecule has 0 unspecified atom stereocenters. The van der Waals surface area contributed by atoms with Gasteiger partial charge in [-0.2, -0.15) is 0 Å². The third-order valence-corrected chi connectivity index (χ3v) is 10.9. The first kappa shape index (κ1) is 42.6. The number of carbonyl (C=O) groups is 7. The molecule has 2 aromatic rings. The van der Waals surface area contributed by atoms with Crippen molar-refractivity contribution in [2.75, 3.05) is 25.5 Å². The summed E-state index contributed by atoms with van der Waals surface area (Å²) < 4.78 is 5.92. The van der Waals surface area contributed by atoms with E-state index in [1.807, 2.05) is 57.2 Å². The summed E-state index contributed by atoms with van der Waals surface area (Å²) in [5.74, 6) is -4.38. The van der Waals surface area contributed by atoms with Gasteiger partial charge in [0.1, 0.15) is 42.4 Å². The number of likely N-dealkylation sites (N-methyl/N-ethyl adjacent to an activating group) is 1. The maximum atomic E-state index is 14.7. The first-order valence-electron chi connectivity index (χ1n) is 19.5. The number of nitrogens with zero attached hydrogens (tertiary/aromatic N) is 3. The van der Waals surface area contributed by atoms with Gasteiger partial charge in [-0.25, -0.2) is 9.59 Å². The SMILES string of the molecule is Cc1ccc(NC(=O)N[C@@H](Cc2cccc(C)c2)C(=O)N[C@@H]2C(=O)N3CCC[C@H]3C(=O)N(C)[C@@H]([C@H](C)O)C(=O)N[C@@H](C)C(=O)N3C[C@H](C)C[C@H]3C(=O)O[C@H]2C)cc1. The summed E-state index contributed by atoms with van der Waals surface area (Å²) in [6.45, 7) is 10.2. The summed E-state index contributed by atoms with van der Waals surface area (Å²) in [5, 5.41) is 21.5. The maximum absolute atomic E-state index is 14.7. The normalized spacial score (nSPS) is 27.2. The monoisotopic (exact) mass is 789 g/mol. The van der Waals surface area contributed by atoms with Crippen LogP contribution in [0, 0.1) is 19.8 Å². The number of hydrogen-bond acceptors (Lipinski definition) is 9. The molecule has 0 saturated carbocycles. The lowest BCUT2D eigenvalue weighted by atomic mass is 10.0. The van der Waals surface area contributed by atoms with Crippen LogP contribution in [0.15, 0.2) is 48.5 Å². The number of aliphatic hydroxyl groups is 1. The zero-order chi connectivity index (χ0) is 41.7. The van der Waals surface area contributed by atoms with E-state index in [2.05, 4.69) is 21.3 Å². The van der Waals surface area contributed by atoms with Gasteiger partial charge in [0, 0.05) is 32.2 Å². The second kappa shape index (κ2) is 18.2. The minimum absolute atomic E-state index is 0.0392. The van der Waals surface area contributed by atoms with Crippen LogP contribution < -0.4 is 21.3 Å². The number of anilines is 1. The number of fused-ring (bicyclic) bond motifs is 2. The number of ether oxygens (including phenoxy) is 1. The van der Waals surface area contributed by atoms with E-state index in [0.29, 0.717) is 12.1 Å². The molecule has 9 atom stereocenters. The molecule has 3 fully saturated rings. The molecule has 3 heterocycles. The van der Waals surface area contributed by atoms with E-state index in [1.54, 1.807) is 12.1 Å². The Labute approximate surface area is 333 Å². The van der Waals surface area contributed by atoms with Gasteiger partial charge in [0.15, 0.2) is 0 Å². The average molecular weight is 790 g/mol. The highest BCUT2D eigenvalue weighted by molar-refractivity contribution is 5.98. The highest BCUT2D eigenvalue weighted by Crippen LogP contribution is 2.27. The zero-order valence-corrected chi connectivity index (χ0v) is 33.6. The first-order chi connectivity index (χ1) is 26.9. The predicted molar refractivity (Wildman–Crippen MR) is 209 cm³/mol. The number of urea groups is 1. The van der Waals surface area contributed by atoms with Crippen molar-refractivity contribution in [1.29, 1.82) is 0 Å². The van der Waals surface area contributed by atoms with Crippen molar-refractivity contribution in [2.45, 2.75) is 116 Å². The van der Waals surface area contributed by atoms with Crippen LogP contribution >= 0.6 is 0 Å². The van der Waals surface area contributed by atoms with Crippen molar-refractivity contribution in [3.63, 3.8) is 0 Å². The summed E-state index contributed by atoms with van der Waals surface area (Å²) in [5.41, 5.74) is 3.14. The fourth-order valence-corrected chi connectivity index (χ4v) is 7.89. The Hall–Kier alpha value is -5.51. The lowest BCUT2D eigenvalue weighted by Gasteiger charge is -2.37. The van der Waals surface area contributed by atoms with Crippen LogP contribution in [0.25, 0.3) is 0 Å². The van der Waals surface area contributed by atoms with Gasteiger partial charge in [-0.3, -0.25) is 24.0 Å². The number of aryl methyl sites for hydroxylation is 2. The van der Waals surface area contributed by atoms with Crippen LogP contribution in [0.3, 0.4) is 0 Å². The van der Waals surface area contributed by atoms with Gasteiger partial charge in [0.05, 0.1) is 6.10 Å². The lowest BCUT2D eigenvalue weighted by Crippen LogP contribution is -2.63. The largest absolute Gasteiger partial charge is 0.458 e. The maximum Gasteiger partial charge on any atom is 0.329 e. The van der Waals surface area contributed by atoms with Crippen molar-refractivity contribution in [3.05, 3.63) is 65.2 Å². The second-order valence-electron chi connectivity index (χ2n) is 15.7. The molecule has 16 heteroatoms. The quantitative estimate of drug-likeness (QED) is 0.257. The van der Waals surface area contributed by atoms with Crippen LogP contribution in [0.2, 0.25) is 0 Å². The molecular formula is C41H55N7O9. The van der Waals surface area contributed by atoms with E-state index < -0.39 is 90.0 Å². The summed E-state index contributed by atoms with van der Waals surface area (Å²) in [4.78, 5) is 101. The van der Waals surface area contributed by atoms with Crippen molar-refractivity contribution in [2.24, 2.45) is 5.92 Å². The molecule has 3 aliphatic heterocycles. The third-order valence-electron chi connectivity index (χ3n) is 10.9. The molecule has 57 heavy (non-hydrogen) atoms. The highest BCUT2D eigenvalue weighted by Gasteiger charge is 2.47. The molecule has 0 aromatic heterocycles. The number of aliphatic hydroxyl groups excluding tert-OH is 1. The molecular weight excluding hydrogens is 734 g/mol. The molecule has 16 nitrogen and oxygen atoms in total.